The fraction of sp³-hybridized carbons (Fsp3) is 0.0714. The van der Waals surface area contributed by atoms with Gasteiger partial charge in [0.25, 0.3) is 0 Å². The summed E-state index contributed by atoms with van der Waals surface area (Å²) in [6.07, 6.45) is 11.5. The van der Waals surface area contributed by atoms with Crippen molar-refractivity contribution in [1.82, 2.24) is 4.98 Å². The molecule has 0 bridgehead atoms. The molecule has 0 aliphatic carbocycles. The molecule has 1 aromatic carbocycles. The van der Waals surface area contributed by atoms with E-state index in [1.807, 2.05) is 24.3 Å². The highest BCUT2D eigenvalue weighted by molar-refractivity contribution is 5.85. The van der Waals surface area contributed by atoms with Gasteiger partial charge in [-0.1, -0.05) is 18.2 Å². The van der Waals surface area contributed by atoms with Crippen molar-refractivity contribution >= 4 is 23.3 Å². The zero-order valence-electron chi connectivity index (χ0n) is 8.96. The topological polar surface area (TPSA) is 22.1 Å². The lowest BCUT2D eigenvalue weighted by Gasteiger charge is -2.09. The summed E-state index contributed by atoms with van der Waals surface area (Å²) in [6, 6.07) is 9.46. The molecule has 0 amide bonds. The zero-order chi connectivity index (χ0) is 11.4. The van der Waals surface area contributed by atoms with E-state index in [0.29, 0.717) is 5.75 Å². The van der Waals surface area contributed by atoms with Gasteiger partial charge in [0.15, 0.2) is 0 Å². The maximum Gasteiger partial charge on any atom is 0.220 e. The van der Waals surface area contributed by atoms with E-state index in [4.69, 9.17) is 17.6 Å². The van der Waals surface area contributed by atoms with E-state index < -0.39 is 6.10 Å². The number of pyridine rings is 1. The number of para-hydroxylation sites is 1. The fourth-order valence-corrected chi connectivity index (χ4v) is 1.41. The van der Waals surface area contributed by atoms with E-state index >= 15 is 0 Å². The van der Waals surface area contributed by atoms with Crippen LogP contribution in [0.25, 0.3) is 10.9 Å². The van der Waals surface area contributed by atoms with Gasteiger partial charge in [-0.2, -0.15) is 0 Å². The van der Waals surface area contributed by atoms with Gasteiger partial charge >= 0.3 is 0 Å². The quantitative estimate of drug-likeness (QED) is 0.757. The van der Waals surface area contributed by atoms with Crippen LogP contribution in [0.5, 0.6) is 5.75 Å². The predicted molar refractivity (Wildman–Crippen MR) is 71.1 cm³/mol. The predicted octanol–water partition coefficient (Wildman–Crippen LogP) is 2.67. The Bertz CT molecular complexity index is 576. The SMILES string of the molecule is C#CC(C#C)Oc1cccc2cccnc12.Cl. The standard InChI is InChI=1S/C14H9NO.ClH/c1-3-12(4-2)16-13-9-5-7-11-8-6-10-15-14(11)13;/h1-2,5-10,12H;1H. The minimum atomic E-state index is -0.660. The Balaban J connectivity index is 0.00000144. The normalized spacial score (nSPS) is 9.12. The minimum Gasteiger partial charge on any atom is -0.464 e. The van der Waals surface area contributed by atoms with Gasteiger partial charge in [-0.05, 0) is 24.0 Å². The van der Waals surface area contributed by atoms with Crippen LogP contribution in [0.1, 0.15) is 0 Å². The van der Waals surface area contributed by atoms with E-state index in [0.717, 1.165) is 10.9 Å². The number of aromatic nitrogens is 1. The average Bonchev–Trinajstić information content (AvgIpc) is 2.36. The Morgan fingerprint density at radius 2 is 1.82 bits per heavy atom. The van der Waals surface area contributed by atoms with Crippen molar-refractivity contribution in [2.45, 2.75) is 6.10 Å². The van der Waals surface area contributed by atoms with Gasteiger partial charge in [0.2, 0.25) is 6.10 Å². The van der Waals surface area contributed by atoms with Gasteiger partial charge < -0.3 is 4.74 Å². The molecule has 3 heteroatoms. The molecule has 0 saturated heterocycles. The monoisotopic (exact) mass is 243 g/mol. The Morgan fingerprint density at radius 1 is 1.12 bits per heavy atom. The molecule has 0 saturated carbocycles. The van der Waals surface area contributed by atoms with Crippen LogP contribution in [-0.2, 0) is 0 Å². The first kappa shape index (κ1) is 12.9. The van der Waals surface area contributed by atoms with Gasteiger partial charge in [-0.25, -0.2) is 0 Å². The molecule has 1 aromatic heterocycles. The lowest BCUT2D eigenvalue weighted by Crippen LogP contribution is -2.11. The summed E-state index contributed by atoms with van der Waals surface area (Å²) in [4.78, 5) is 4.24. The number of halogens is 1. The molecule has 0 spiro atoms. The van der Waals surface area contributed by atoms with Crippen LogP contribution >= 0.6 is 12.4 Å². The summed E-state index contributed by atoms with van der Waals surface area (Å²) in [7, 11) is 0. The maximum absolute atomic E-state index is 5.49. The van der Waals surface area contributed by atoms with Crippen LogP contribution in [-0.4, -0.2) is 11.1 Å². The Labute approximate surface area is 106 Å². The van der Waals surface area contributed by atoms with Crippen molar-refractivity contribution in [3.8, 4) is 30.4 Å². The average molecular weight is 244 g/mol. The van der Waals surface area contributed by atoms with Gasteiger partial charge in [-0.15, -0.1) is 25.3 Å². The molecular formula is C14H10ClNO. The first-order valence-corrected chi connectivity index (χ1v) is 4.78. The van der Waals surface area contributed by atoms with Crippen LogP contribution in [0.3, 0.4) is 0 Å². The van der Waals surface area contributed by atoms with Gasteiger partial charge in [0.1, 0.15) is 11.3 Å². The third-order valence-electron chi connectivity index (χ3n) is 2.14. The van der Waals surface area contributed by atoms with Crippen molar-refractivity contribution < 1.29 is 4.74 Å². The first-order chi connectivity index (χ1) is 7.85. The van der Waals surface area contributed by atoms with Crippen molar-refractivity contribution in [2.24, 2.45) is 0 Å². The smallest absolute Gasteiger partial charge is 0.220 e. The van der Waals surface area contributed by atoms with E-state index in [1.165, 1.54) is 0 Å². The lowest BCUT2D eigenvalue weighted by atomic mass is 10.2. The fourth-order valence-electron chi connectivity index (χ4n) is 1.41. The number of hydrogen-bond acceptors (Lipinski definition) is 2. The third-order valence-corrected chi connectivity index (χ3v) is 2.14. The number of nitrogens with zero attached hydrogens (tertiary/aromatic N) is 1. The van der Waals surface area contributed by atoms with E-state index in [-0.39, 0.29) is 12.4 Å². The van der Waals surface area contributed by atoms with Crippen molar-refractivity contribution in [2.75, 3.05) is 0 Å². The number of hydrogen-bond donors (Lipinski definition) is 0. The molecule has 0 atom stereocenters. The molecule has 0 aliphatic heterocycles. The zero-order valence-corrected chi connectivity index (χ0v) is 9.78. The summed E-state index contributed by atoms with van der Waals surface area (Å²) < 4.78 is 5.49. The number of rotatable bonds is 2. The highest BCUT2D eigenvalue weighted by Gasteiger charge is 2.06. The van der Waals surface area contributed by atoms with Gasteiger partial charge in [0, 0.05) is 11.6 Å². The third kappa shape index (κ3) is 2.69. The van der Waals surface area contributed by atoms with Crippen LogP contribution < -0.4 is 4.74 Å². The summed E-state index contributed by atoms with van der Waals surface area (Å²) in [6.45, 7) is 0. The first-order valence-electron chi connectivity index (χ1n) is 4.78. The second-order valence-corrected chi connectivity index (χ2v) is 3.16. The molecule has 0 aliphatic rings. The van der Waals surface area contributed by atoms with Crippen molar-refractivity contribution in [1.29, 1.82) is 0 Å². The second-order valence-electron chi connectivity index (χ2n) is 3.16. The molecule has 2 rings (SSSR count). The second kappa shape index (κ2) is 5.80. The van der Waals surface area contributed by atoms with Crippen LogP contribution in [0, 0.1) is 24.7 Å². The number of benzene rings is 1. The van der Waals surface area contributed by atoms with Crippen molar-refractivity contribution in [3.63, 3.8) is 0 Å². The van der Waals surface area contributed by atoms with Crippen LogP contribution in [0.2, 0.25) is 0 Å². The Hall–Kier alpha value is -2.16. The van der Waals surface area contributed by atoms with Crippen molar-refractivity contribution in [3.05, 3.63) is 36.5 Å². The van der Waals surface area contributed by atoms with E-state index in [9.17, 15) is 0 Å². The molecule has 0 unspecified atom stereocenters. The van der Waals surface area contributed by atoms with Gasteiger partial charge in [-0.3, -0.25) is 4.98 Å². The minimum absolute atomic E-state index is 0. The van der Waals surface area contributed by atoms with Crippen LogP contribution in [0.4, 0.5) is 0 Å². The molecule has 2 aromatic rings. The molecular weight excluding hydrogens is 234 g/mol. The van der Waals surface area contributed by atoms with E-state index in [1.54, 1.807) is 12.3 Å². The highest BCUT2D eigenvalue weighted by Crippen LogP contribution is 2.23. The van der Waals surface area contributed by atoms with E-state index in [2.05, 4.69) is 16.8 Å². The molecule has 0 radical (unpaired) electrons. The molecule has 17 heavy (non-hydrogen) atoms. The lowest BCUT2D eigenvalue weighted by molar-refractivity contribution is 0.317. The Kier molecular flexibility index (Phi) is 4.40. The summed E-state index contributed by atoms with van der Waals surface area (Å²) >= 11 is 0. The number of ether oxygens (including phenoxy) is 1. The van der Waals surface area contributed by atoms with Crippen LogP contribution in [0.15, 0.2) is 36.5 Å². The maximum atomic E-state index is 5.49. The largest absolute Gasteiger partial charge is 0.464 e. The van der Waals surface area contributed by atoms with Gasteiger partial charge in [0.05, 0.1) is 0 Å². The summed E-state index contributed by atoms with van der Waals surface area (Å²) in [5.41, 5.74) is 0.764. The molecule has 0 fully saturated rings. The molecule has 2 nitrogen and oxygen atoms in total. The summed E-state index contributed by atoms with van der Waals surface area (Å²) in [5.74, 6) is 5.37. The molecule has 0 N–H and O–H groups in total. The highest BCUT2D eigenvalue weighted by atomic mass is 35.5. The molecule has 84 valence electrons. The number of fused-ring (bicyclic) bond motifs is 1. The molecule has 1 heterocycles. The summed E-state index contributed by atoms with van der Waals surface area (Å²) in [5, 5.41) is 0.993. The number of terminal acetylenes is 2. The Morgan fingerprint density at radius 3 is 2.53 bits per heavy atom.